The van der Waals surface area contributed by atoms with E-state index in [1.54, 1.807) is 0 Å². The fourth-order valence-corrected chi connectivity index (χ4v) is 1.74. The Balaban J connectivity index is 0.000000581. The molecule has 0 aliphatic carbocycles. The van der Waals surface area contributed by atoms with Crippen molar-refractivity contribution in [3.63, 3.8) is 0 Å². The van der Waals surface area contributed by atoms with E-state index in [0.717, 1.165) is 5.65 Å². The summed E-state index contributed by atoms with van der Waals surface area (Å²) in [5, 5.41) is 1.24. The van der Waals surface area contributed by atoms with Gasteiger partial charge >= 0.3 is 0 Å². The van der Waals surface area contributed by atoms with Gasteiger partial charge < -0.3 is 4.98 Å². The predicted octanol–water partition coefficient (Wildman–Crippen LogP) is 5.05. The summed E-state index contributed by atoms with van der Waals surface area (Å²) >= 11 is 0. The van der Waals surface area contributed by atoms with Crippen molar-refractivity contribution in [1.29, 1.82) is 0 Å². The minimum absolute atomic E-state index is 0.548. The minimum atomic E-state index is 0.548. The fourth-order valence-electron chi connectivity index (χ4n) is 1.74. The molecular weight excluding hydrogens is 208 g/mol. The molecule has 17 heavy (non-hydrogen) atoms. The van der Waals surface area contributed by atoms with Crippen LogP contribution in [0, 0.1) is 6.92 Å². The van der Waals surface area contributed by atoms with Crippen molar-refractivity contribution in [2.24, 2.45) is 0 Å². The lowest BCUT2D eigenvalue weighted by atomic mass is 9.99. The molecule has 2 heteroatoms. The quantitative estimate of drug-likeness (QED) is 0.735. The molecule has 0 radical (unpaired) electrons. The number of aryl methyl sites for hydroxylation is 1. The Hall–Kier alpha value is -1.31. The first kappa shape index (κ1) is 15.7. The summed E-state index contributed by atoms with van der Waals surface area (Å²) in [6.07, 6.45) is 3.91. The number of aromatic amines is 1. The second-order valence-corrected chi connectivity index (χ2v) is 3.73. The van der Waals surface area contributed by atoms with Gasteiger partial charge in [0.1, 0.15) is 5.65 Å². The average Bonchev–Trinajstić information content (AvgIpc) is 2.83. The molecule has 2 aromatic rings. The molecular formula is C15H26N2. The number of rotatable bonds is 1. The number of hydrogen-bond donors (Lipinski definition) is 1. The fraction of sp³-hybridized carbons (Fsp3) is 0.533. The van der Waals surface area contributed by atoms with Crippen LogP contribution < -0.4 is 0 Å². The van der Waals surface area contributed by atoms with Crippen LogP contribution in [0.2, 0.25) is 0 Å². The highest BCUT2D eigenvalue weighted by molar-refractivity contribution is 5.80. The summed E-state index contributed by atoms with van der Waals surface area (Å²) in [5.41, 5.74) is 3.68. The van der Waals surface area contributed by atoms with E-state index in [1.165, 1.54) is 16.5 Å². The van der Waals surface area contributed by atoms with Crippen LogP contribution in [0.15, 0.2) is 18.5 Å². The first-order chi connectivity index (χ1) is 8.20. The Bertz CT molecular complexity index is 427. The van der Waals surface area contributed by atoms with E-state index in [9.17, 15) is 0 Å². The Morgan fingerprint density at radius 2 is 1.71 bits per heavy atom. The zero-order chi connectivity index (χ0) is 13.4. The van der Waals surface area contributed by atoms with Crippen LogP contribution in [0.4, 0.5) is 0 Å². The molecule has 1 N–H and O–H groups in total. The Morgan fingerprint density at radius 3 is 2.24 bits per heavy atom. The van der Waals surface area contributed by atoms with Crippen LogP contribution in [0.1, 0.15) is 58.6 Å². The zero-order valence-corrected chi connectivity index (χ0v) is 12.3. The number of hydrogen-bond acceptors (Lipinski definition) is 1. The van der Waals surface area contributed by atoms with Crippen molar-refractivity contribution in [3.05, 3.63) is 29.6 Å². The Kier molecular flexibility index (Phi) is 7.27. The Labute approximate surface area is 105 Å². The molecule has 2 rings (SSSR count). The number of pyridine rings is 1. The van der Waals surface area contributed by atoms with Crippen LogP contribution in [0.3, 0.4) is 0 Å². The van der Waals surface area contributed by atoms with E-state index in [1.807, 2.05) is 40.1 Å². The second-order valence-electron chi connectivity index (χ2n) is 3.73. The molecule has 0 atom stereocenters. The SMILES string of the molecule is CC.CC.Cc1c(C(C)C)cnc2[nH]ccc12. The summed E-state index contributed by atoms with van der Waals surface area (Å²) in [6, 6.07) is 2.09. The molecule has 96 valence electrons. The van der Waals surface area contributed by atoms with E-state index >= 15 is 0 Å². The molecule has 2 aromatic heterocycles. The van der Waals surface area contributed by atoms with Gasteiger partial charge in [-0.25, -0.2) is 4.98 Å². The summed E-state index contributed by atoms with van der Waals surface area (Å²) in [4.78, 5) is 7.48. The smallest absolute Gasteiger partial charge is 0.137 e. The van der Waals surface area contributed by atoms with Crippen molar-refractivity contribution in [2.45, 2.75) is 54.4 Å². The highest BCUT2D eigenvalue weighted by Crippen LogP contribution is 2.23. The summed E-state index contributed by atoms with van der Waals surface area (Å²) < 4.78 is 0. The monoisotopic (exact) mass is 234 g/mol. The first-order valence-electron chi connectivity index (χ1n) is 6.62. The van der Waals surface area contributed by atoms with E-state index in [4.69, 9.17) is 0 Å². The lowest BCUT2D eigenvalue weighted by molar-refractivity contribution is 0.852. The van der Waals surface area contributed by atoms with Gasteiger partial charge in [0, 0.05) is 17.8 Å². The molecule has 2 heterocycles. The molecule has 0 aromatic carbocycles. The van der Waals surface area contributed by atoms with Crippen molar-refractivity contribution >= 4 is 11.0 Å². The summed E-state index contributed by atoms with van der Waals surface area (Å²) in [6.45, 7) is 14.6. The first-order valence-corrected chi connectivity index (χ1v) is 6.62. The normalized spacial score (nSPS) is 9.41. The molecule has 2 nitrogen and oxygen atoms in total. The number of nitrogens with one attached hydrogen (secondary N) is 1. The van der Waals surface area contributed by atoms with Crippen LogP contribution in [0.25, 0.3) is 11.0 Å². The molecule has 0 spiro atoms. The van der Waals surface area contributed by atoms with Crippen molar-refractivity contribution in [3.8, 4) is 0 Å². The maximum Gasteiger partial charge on any atom is 0.137 e. The van der Waals surface area contributed by atoms with Gasteiger partial charge in [0.25, 0.3) is 0 Å². The van der Waals surface area contributed by atoms with Gasteiger partial charge in [-0.05, 0) is 30.0 Å². The van der Waals surface area contributed by atoms with Gasteiger partial charge in [0.15, 0.2) is 0 Å². The minimum Gasteiger partial charge on any atom is -0.346 e. The average molecular weight is 234 g/mol. The summed E-state index contributed by atoms with van der Waals surface area (Å²) in [7, 11) is 0. The van der Waals surface area contributed by atoms with Gasteiger partial charge in [0.2, 0.25) is 0 Å². The molecule has 0 aliphatic rings. The van der Waals surface area contributed by atoms with Crippen molar-refractivity contribution in [1.82, 2.24) is 9.97 Å². The van der Waals surface area contributed by atoms with E-state index in [2.05, 4.69) is 36.8 Å². The Morgan fingerprint density at radius 1 is 1.12 bits per heavy atom. The molecule has 0 fully saturated rings. The predicted molar refractivity (Wildman–Crippen MR) is 77.6 cm³/mol. The van der Waals surface area contributed by atoms with E-state index in [-0.39, 0.29) is 0 Å². The molecule has 0 bridgehead atoms. The van der Waals surface area contributed by atoms with Crippen molar-refractivity contribution in [2.75, 3.05) is 0 Å². The van der Waals surface area contributed by atoms with Gasteiger partial charge in [-0.1, -0.05) is 41.5 Å². The van der Waals surface area contributed by atoms with Gasteiger partial charge in [-0.3, -0.25) is 0 Å². The number of fused-ring (bicyclic) bond motifs is 1. The van der Waals surface area contributed by atoms with Gasteiger partial charge in [-0.15, -0.1) is 0 Å². The highest BCUT2D eigenvalue weighted by Gasteiger charge is 2.07. The van der Waals surface area contributed by atoms with Crippen LogP contribution in [-0.4, -0.2) is 9.97 Å². The zero-order valence-electron chi connectivity index (χ0n) is 12.3. The third kappa shape index (κ3) is 3.58. The number of H-pyrrole nitrogens is 1. The lowest BCUT2D eigenvalue weighted by Gasteiger charge is -2.08. The molecule has 0 amide bonds. The second kappa shape index (κ2) is 7.88. The van der Waals surface area contributed by atoms with Gasteiger partial charge in [-0.2, -0.15) is 0 Å². The third-order valence-corrected chi connectivity index (χ3v) is 2.52. The molecule has 0 saturated heterocycles. The molecule has 0 saturated carbocycles. The maximum absolute atomic E-state index is 4.37. The number of nitrogens with zero attached hydrogens (tertiary/aromatic N) is 1. The van der Waals surface area contributed by atoms with Crippen LogP contribution in [0.5, 0.6) is 0 Å². The van der Waals surface area contributed by atoms with Crippen molar-refractivity contribution < 1.29 is 0 Å². The topological polar surface area (TPSA) is 28.7 Å². The maximum atomic E-state index is 4.37. The lowest BCUT2D eigenvalue weighted by Crippen LogP contribution is -1.93. The van der Waals surface area contributed by atoms with Crippen LogP contribution >= 0.6 is 0 Å². The molecule has 0 unspecified atom stereocenters. The standard InChI is InChI=1S/C11H14N2.2C2H6/c1-7(2)10-6-13-11-9(8(10)3)4-5-12-11;2*1-2/h4-7H,1-3H3,(H,12,13);2*1-2H3. The highest BCUT2D eigenvalue weighted by atomic mass is 14.8. The van der Waals surface area contributed by atoms with E-state index in [0.29, 0.717) is 5.92 Å². The molecule has 0 aliphatic heterocycles. The number of aromatic nitrogens is 2. The van der Waals surface area contributed by atoms with E-state index < -0.39 is 0 Å². The summed E-state index contributed by atoms with van der Waals surface area (Å²) in [5.74, 6) is 0.548. The van der Waals surface area contributed by atoms with Gasteiger partial charge in [0.05, 0.1) is 0 Å². The largest absolute Gasteiger partial charge is 0.346 e. The van der Waals surface area contributed by atoms with Crippen LogP contribution in [-0.2, 0) is 0 Å². The third-order valence-electron chi connectivity index (χ3n) is 2.52.